The predicted octanol–water partition coefficient (Wildman–Crippen LogP) is 2.76. The summed E-state index contributed by atoms with van der Waals surface area (Å²) in [6, 6.07) is 7.91. The monoisotopic (exact) mass is 366 g/mol. The average molecular weight is 366 g/mol. The number of hydrogen-bond donors (Lipinski definition) is 2. The van der Waals surface area contributed by atoms with Gasteiger partial charge >= 0.3 is 6.01 Å². The normalized spacial score (nSPS) is 11.1. The van der Waals surface area contributed by atoms with Crippen LogP contribution < -0.4 is 16.6 Å². The molecule has 1 aromatic carbocycles. The van der Waals surface area contributed by atoms with E-state index >= 15 is 0 Å². The van der Waals surface area contributed by atoms with Crippen LogP contribution in [-0.2, 0) is 7.05 Å². The van der Waals surface area contributed by atoms with Gasteiger partial charge in [-0.2, -0.15) is 0 Å². The Morgan fingerprint density at radius 3 is 2.78 bits per heavy atom. The SMILES string of the molecule is Cc1ccc(Nc2c(-c3nnc(N)o3)c3ncccc3c(=O)n2C)c(F)c1. The summed E-state index contributed by atoms with van der Waals surface area (Å²) in [7, 11) is 1.56. The molecule has 3 heterocycles. The van der Waals surface area contributed by atoms with Gasteiger partial charge in [-0.3, -0.25) is 14.3 Å². The van der Waals surface area contributed by atoms with Crippen molar-refractivity contribution in [2.75, 3.05) is 11.1 Å². The molecule has 4 rings (SSSR count). The van der Waals surface area contributed by atoms with Crippen molar-refractivity contribution in [3.63, 3.8) is 0 Å². The fraction of sp³-hybridized carbons (Fsp3) is 0.111. The van der Waals surface area contributed by atoms with Gasteiger partial charge < -0.3 is 15.5 Å². The number of nitrogens with one attached hydrogen (secondary N) is 1. The molecular formula is C18H15FN6O2. The van der Waals surface area contributed by atoms with Gasteiger partial charge in [0.1, 0.15) is 17.2 Å². The van der Waals surface area contributed by atoms with Crippen LogP contribution in [0.15, 0.2) is 45.7 Å². The molecule has 0 saturated carbocycles. The minimum Gasteiger partial charge on any atom is -0.403 e. The van der Waals surface area contributed by atoms with Gasteiger partial charge in [-0.1, -0.05) is 11.2 Å². The Balaban J connectivity index is 2.04. The molecule has 0 radical (unpaired) electrons. The number of nitrogens with two attached hydrogens (primary N) is 1. The molecule has 0 saturated heterocycles. The summed E-state index contributed by atoms with van der Waals surface area (Å²) in [5.74, 6) is -0.126. The number of nitrogen functional groups attached to an aromatic ring is 1. The zero-order chi connectivity index (χ0) is 19.1. The second-order valence-corrected chi connectivity index (χ2v) is 6.04. The third kappa shape index (κ3) is 2.78. The highest BCUT2D eigenvalue weighted by atomic mass is 19.1. The molecule has 0 spiro atoms. The average Bonchev–Trinajstić information content (AvgIpc) is 3.07. The van der Waals surface area contributed by atoms with E-state index in [9.17, 15) is 9.18 Å². The van der Waals surface area contributed by atoms with Crippen LogP contribution in [0.5, 0.6) is 0 Å². The van der Waals surface area contributed by atoms with Gasteiger partial charge in [-0.05, 0) is 36.8 Å². The lowest BCUT2D eigenvalue weighted by molar-refractivity contribution is 0.590. The van der Waals surface area contributed by atoms with Crippen LogP contribution in [0.4, 0.5) is 21.9 Å². The van der Waals surface area contributed by atoms with Crippen LogP contribution in [0.1, 0.15) is 5.56 Å². The van der Waals surface area contributed by atoms with E-state index in [0.29, 0.717) is 16.5 Å². The number of aryl methyl sites for hydroxylation is 1. The van der Waals surface area contributed by atoms with Crippen LogP contribution in [0, 0.1) is 12.7 Å². The number of halogens is 1. The summed E-state index contributed by atoms with van der Waals surface area (Å²) in [5.41, 5.74) is 6.93. The fourth-order valence-corrected chi connectivity index (χ4v) is 2.87. The van der Waals surface area contributed by atoms with Crippen LogP contribution >= 0.6 is 0 Å². The number of nitrogens with zero attached hydrogens (tertiary/aromatic N) is 4. The maximum Gasteiger partial charge on any atom is 0.313 e. The van der Waals surface area contributed by atoms with E-state index in [1.54, 1.807) is 44.4 Å². The summed E-state index contributed by atoms with van der Waals surface area (Å²) >= 11 is 0. The first-order valence-electron chi connectivity index (χ1n) is 8.06. The predicted molar refractivity (Wildman–Crippen MR) is 99.1 cm³/mol. The molecule has 0 unspecified atom stereocenters. The highest BCUT2D eigenvalue weighted by Gasteiger charge is 2.22. The Bertz CT molecular complexity index is 1230. The van der Waals surface area contributed by atoms with Crippen molar-refractivity contribution >= 4 is 28.4 Å². The number of fused-ring (bicyclic) bond motifs is 1. The molecule has 0 atom stereocenters. The first-order valence-corrected chi connectivity index (χ1v) is 8.06. The van der Waals surface area contributed by atoms with Gasteiger partial charge in [-0.15, -0.1) is 5.10 Å². The summed E-state index contributed by atoms with van der Waals surface area (Å²) < 4.78 is 21.1. The third-order valence-electron chi connectivity index (χ3n) is 4.18. The molecule has 0 aliphatic carbocycles. The molecule has 27 heavy (non-hydrogen) atoms. The zero-order valence-corrected chi connectivity index (χ0v) is 14.5. The molecule has 0 fully saturated rings. The molecule has 8 nitrogen and oxygen atoms in total. The Hall–Kier alpha value is -3.75. The number of aromatic nitrogens is 4. The van der Waals surface area contributed by atoms with E-state index in [2.05, 4.69) is 20.5 Å². The highest BCUT2D eigenvalue weighted by molar-refractivity contribution is 5.97. The topological polar surface area (TPSA) is 112 Å². The van der Waals surface area contributed by atoms with Crippen LogP contribution in [0.2, 0.25) is 0 Å². The maximum absolute atomic E-state index is 14.4. The van der Waals surface area contributed by atoms with Crippen molar-refractivity contribution in [1.29, 1.82) is 0 Å². The highest BCUT2D eigenvalue weighted by Crippen LogP contribution is 2.34. The lowest BCUT2D eigenvalue weighted by Crippen LogP contribution is -2.21. The number of hydrogen-bond acceptors (Lipinski definition) is 7. The molecule has 136 valence electrons. The summed E-state index contributed by atoms with van der Waals surface area (Å²) in [6.07, 6.45) is 1.54. The smallest absolute Gasteiger partial charge is 0.313 e. The summed E-state index contributed by atoms with van der Waals surface area (Å²) in [6.45, 7) is 1.79. The number of anilines is 3. The lowest BCUT2D eigenvalue weighted by atomic mass is 10.1. The van der Waals surface area contributed by atoms with Gasteiger partial charge in [0.2, 0.25) is 0 Å². The number of pyridine rings is 2. The Kier molecular flexibility index (Phi) is 3.84. The van der Waals surface area contributed by atoms with E-state index in [4.69, 9.17) is 10.2 Å². The molecule has 3 aromatic heterocycles. The van der Waals surface area contributed by atoms with E-state index < -0.39 is 5.82 Å². The van der Waals surface area contributed by atoms with Crippen molar-refractivity contribution in [3.8, 4) is 11.5 Å². The van der Waals surface area contributed by atoms with E-state index in [0.717, 1.165) is 5.56 Å². The lowest BCUT2D eigenvalue weighted by Gasteiger charge is -2.16. The van der Waals surface area contributed by atoms with Crippen molar-refractivity contribution in [3.05, 3.63) is 58.3 Å². The summed E-state index contributed by atoms with van der Waals surface area (Å²) in [4.78, 5) is 17.1. The molecule has 0 aliphatic heterocycles. The van der Waals surface area contributed by atoms with Gasteiger partial charge in [0, 0.05) is 13.2 Å². The van der Waals surface area contributed by atoms with Crippen molar-refractivity contribution in [1.82, 2.24) is 19.7 Å². The van der Waals surface area contributed by atoms with Gasteiger partial charge in [-0.25, -0.2) is 4.39 Å². The largest absolute Gasteiger partial charge is 0.403 e. The van der Waals surface area contributed by atoms with Gasteiger partial charge in [0.15, 0.2) is 0 Å². The van der Waals surface area contributed by atoms with E-state index in [-0.39, 0.29) is 29.0 Å². The van der Waals surface area contributed by atoms with Crippen LogP contribution in [-0.4, -0.2) is 19.7 Å². The standard InChI is InChI=1S/C18H15FN6O2/c1-9-5-6-12(11(19)8-9)22-15-13(16-23-24-18(20)27-16)14-10(4-3-7-21-14)17(26)25(15)2/h3-8,22H,1-2H3,(H2,20,24). The Morgan fingerprint density at radius 2 is 2.07 bits per heavy atom. The minimum absolute atomic E-state index is 0.0711. The first-order chi connectivity index (χ1) is 13.0. The molecule has 0 bridgehead atoms. The minimum atomic E-state index is -0.459. The third-order valence-corrected chi connectivity index (χ3v) is 4.18. The van der Waals surface area contributed by atoms with Crippen molar-refractivity contribution in [2.45, 2.75) is 6.92 Å². The van der Waals surface area contributed by atoms with Crippen LogP contribution in [0.3, 0.4) is 0 Å². The zero-order valence-electron chi connectivity index (χ0n) is 14.5. The van der Waals surface area contributed by atoms with Crippen molar-refractivity contribution < 1.29 is 8.81 Å². The maximum atomic E-state index is 14.4. The number of benzene rings is 1. The first kappa shape index (κ1) is 16.7. The molecule has 0 aliphatic rings. The molecule has 0 amide bonds. The van der Waals surface area contributed by atoms with Gasteiger partial charge in [0.25, 0.3) is 11.4 Å². The fourth-order valence-electron chi connectivity index (χ4n) is 2.87. The second-order valence-electron chi connectivity index (χ2n) is 6.04. The molecule has 4 aromatic rings. The van der Waals surface area contributed by atoms with Gasteiger partial charge in [0.05, 0.1) is 16.6 Å². The van der Waals surface area contributed by atoms with Crippen molar-refractivity contribution in [2.24, 2.45) is 7.05 Å². The Labute approximate surface area is 152 Å². The molecule has 3 N–H and O–H groups in total. The second kappa shape index (κ2) is 6.20. The van der Waals surface area contributed by atoms with E-state index in [1.165, 1.54) is 10.6 Å². The quantitative estimate of drug-likeness (QED) is 0.573. The number of rotatable bonds is 3. The van der Waals surface area contributed by atoms with Crippen LogP contribution in [0.25, 0.3) is 22.4 Å². The molecule has 9 heteroatoms. The Morgan fingerprint density at radius 1 is 1.26 bits per heavy atom. The van der Waals surface area contributed by atoms with E-state index in [1.807, 2.05) is 0 Å². The molecular weight excluding hydrogens is 351 g/mol. The summed E-state index contributed by atoms with van der Waals surface area (Å²) in [5, 5.41) is 10.9.